The smallest absolute Gasteiger partial charge is 0.214 e. The molecule has 4 nitrogen and oxygen atoms in total. The van der Waals surface area contributed by atoms with Gasteiger partial charge < -0.3 is 5.32 Å². The van der Waals surface area contributed by atoms with E-state index in [9.17, 15) is 8.42 Å². The van der Waals surface area contributed by atoms with Gasteiger partial charge in [-0.2, -0.15) is 0 Å². The fourth-order valence-corrected chi connectivity index (χ4v) is 3.95. The Bertz CT molecular complexity index is 313. The number of hydrogen-bond acceptors (Lipinski definition) is 3. The second-order valence-corrected chi connectivity index (χ2v) is 7.86. The van der Waals surface area contributed by atoms with Crippen LogP contribution >= 0.6 is 0 Å². The van der Waals surface area contributed by atoms with Crippen molar-refractivity contribution in [3.63, 3.8) is 0 Å². The first-order valence-corrected chi connectivity index (χ1v) is 7.50. The predicted molar refractivity (Wildman–Crippen MR) is 66.9 cm³/mol. The van der Waals surface area contributed by atoms with Crippen molar-refractivity contribution in [2.45, 2.75) is 39.7 Å². The van der Waals surface area contributed by atoms with Crippen LogP contribution in [0.2, 0.25) is 0 Å². The number of sulfonamides is 1. The van der Waals surface area contributed by atoms with E-state index < -0.39 is 10.0 Å². The molecule has 1 aliphatic rings. The highest BCUT2D eigenvalue weighted by Gasteiger charge is 2.30. The van der Waals surface area contributed by atoms with E-state index in [0.29, 0.717) is 0 Å². The van der Waals surface area contributed by atoms with Crippen molar-refractivity contribution in [3.05, 3.63) is 0 Å². The van der Waals surface area contributed by atoms with E-state index in [-0.39, 0.29) is 17.2 Å². The largest absolute Gasteiger partial charge is 0.315 e. The van der Waals surface area contributed by atoms with Crippen molar-refractivity contribution in [3.8, 4) is 0 Å². The van der Waals surface area contributed by atoms with Crippen molar-refractivity contribution in [2.75, 3.05) is 25.9 Å². The maximum atomic E-state index is 12.1. The molecule has 96 valence electrons. The van der Waals surface area contributed by atoms with E-state index in [0.717, 1.165) is 25.9 Å². The number of hydrogen-bond donors (Lipinski definition) is 1. The summed E-state index contributed by atoms with van der Waals surface area (Å²) in [6.07, 6.45) is 2.02. The van der Waals surface area contributed by atoms with Gasteiger partial charge in [0, 0.05) is 19.6 Å². The van der Waals surface area contributed by atoms with Gasteiger partial charge in [0.05, 0.1) is 5.75 Å². The van der Waals surface area contributed by atoms with Gasteiger partial charge in [-0.1, -0.05) is 20.8 Å². The third-order valence-corrected chi connectivity index (χ3v) is 5.25. The van der Waals surface area contributed by atoms with Gasteiger partial charge >= 0.3 is 0 Å². The molecule has 0 spiro atoms. The van der Waals surface area contributed by atoms with Gasteiger partial charge in [0.25, 0.3) is 0 Å². The third kappa shape index (κ3) is 4.03. The van der Waals surface area contributed by atoms with Gasteiger partial charge in [0.2, 0.25) is 10.0 Å². The molecule has 1 heterocycles. The van der Waals surface area contributed by atoms with Gasteiger partial charge in [-0.05, 0) is 24.8 Å². The predicted octanol–water partition coefficient (Wildman–Crippen LogP) is 1.05. The summed E-state index contributed by atoms with van der Waals surface area (Å²) < 4.78 is 25.8. The second kappa shape index (κ2) is 5.02. The summed E-state index contributed by atoms with van der Waals surface area (Å²) in [4.78, 5) is 0. The van der Waals surface area contributed by atoms with E-state index in [1.807, 2.05) is 20.8 Å². The summed E-state index contributed by atoms with van der Waals surface area (Å²) in [6, 6.07) is 0.126. The quantitative estimate of drug-likeness (QED) is 0.812. The highest BCUT2D eigenvalue weighted by Crippen LogP contribution is 2.21. The Morgan fingerprint density at radius 3 is 2.44 bits per heavy atom. The molecule has 0 amide bonds. The highest BCUT2D eigenvalue weighted by molar-refractivity contribution is 7.89. The molecule has 0 radical (unpaired) electrons. The van der Waals surface area contributed by atoms with E-state index >= 15 is 0 Å². The maximum absolute atomic E-state index is 12.1. The summed E-state index contributed by atoms with van der Waals surface area (Å²) in [5.41, 5.74) is -0.185. The molecule has 1 rings (SSSR count). The Kier molecular flexibility index (Phi) is 4.37. The van der Waals surface area contributed by atoms with Crippen molar-refractivity contribution < 1.29 is 8.42 Å². The number of nitrogens with zero attached hydrogens (tertiary/aromatic N) is 1. The lowest BCUT2D eigenvalue weighted by Crippen LogP contribution is -2.48. The molecule has 0 aromatic heterocycles. The zero-order chi connectivity index (χ0) is 12.4. The Balaban J connectivity index is 2.67. The Morgan fingerprint density at radius 1 is 1.38 bits per heavy atom. The fraction of sp³-hybridized carbons (Fsp3) is 1.00. The van der Waals surface area contributed by atoms with Crippen LogP contribution < -0.4 is 5.32 Å². The summed E-state index contributed by atoms with van der Waals surface area (Å²) in [5, 5.41) is 3.24. The van der Waals surface area contributed by atoms with Crippen LogP contribution in [0.3, 0.4) is 0 Å². The lowest BCUT2D eigenvalue weighted by atomic mass is 10.0. The Morgan fingerprint density at radius 2 is 2.00 bits per heavy atom. The van der Waals surface area contributed by atoms with Crippen molar-refractivity contribution in [1.29, 1.82) is 0 Å². The Labute approximate surface area is 99.5 Å². The molecule has 0 saturated carbocycles. The molecular weight excluding hydrogens is 224 g/mol. The first-order chi connectivity index (χ1) is 7.22. The number of likely N-dealkylation sites (N-methyl/N-ethyl adjacent to an activating group) is 1. The maximum Gasteiger partial charge on any atom is 0.214 e. The molecule has 0 aliphatic carbocycles. The van der Waals surface area contributed by atoms with Crippen LogP contribution in [0.1, 0.15) is 33.6 Å². The molecule has 5 heteroatoms. The summed E-state index contributed by atoms with van der Waals surface area (Å²) >= 11 is 0. The Hall–Kier alpha value is -0.130. The van der Waals surface area contributed by atoms with E-state index in [1.54, 1.807) is 11.4 Å². The van der Waals surface area contributed by atoms with Gasteiger partial charge in [0.15, 0.2) is 0 Å². The molecule has 1 fully saturated rings. The van der Waals surface area contributed by atoms with Gasteiger partial charge in [0.1, 0.15) is 0 Å². The summed E-state index contributed by atoms with van der Waals surface area (Å²) in [5.74, 6) is 0.215. The zero-order valence-electron chi connectivity index (χ0n) is 10.8. The minimum Gasteiger partial charge on any atom is -0.315 e. The van der Waals surface area contributed by atoms with Gasteiger partial charge in [-0.3, -0.25) is 0 Å². The lowest BCUT2D eigenvalue weighted by Gasteiger charge is -2.32. The first-order valence-electron chi connectivity index (χ1n) is 5.89. The summed E-state index contributed by atoms with van der Waals surface area (Å²) in [7, 11) is -1.42. The molecule has 1 saturated heterocycles. The van der Waals surface area contributed by atoms with Crippen molar-refractivity contribution in [2.24, 2.45) is 5.41 Å². The van der Waals surface area contributed by atoms with Crippen molar-refractivity contribution >= 4 is 10.0 Å². The monoisotopic (exact) mass is 248 g/mol. The number of nitrogens with one attached hydrogen (secondary N) is 1. The number of rotatable bonds is 3. The van der Waals surface area contributed by atoms with Gasteiger partial charge in [-0.25, -0.2) is 12.7 Å². The molecule has 1 unspecified atom stereocenters. The van der Waals surface area contributed by atoms with Crippen LogP contribution in [0.4, 0.5) is 0 Å². The molecule has 1 aliphatic heterocycles. The van der Waals surface area contributed by atoms with Gasteiger partial charge in [-0.15, -0.1) is 0 Å². The van der Waals surface area contributed by atoms with Crippen LogP contribution in [0.25, 0.3) is 0 Å². The molecule has 16 heavy (non-hydrogen) atoms. The normalized spacial score (nSPS) is 23.7. The molecule has 1 N–H and O–H groups in total. The molecule has 0 bridgehead atoms. The average Bonchev–Trinajstić information content (AvgIpc) is 2.14. The highest BCUT2D eigenvalue weighted by atomic mass is 32.2. The van der Waals surface area contributed by atoms with Crippen LogP contribution in [-0.4, -0.2) is 44.7 Å². The topological polar surface area (TPSA) is 49.4 Å². The molecule has 0 aromatic rings. The van der Waals surface area contributed by atoms with Crippen LogP contribution in [0.15, 0.2) is 0 Å². The third-order valence-electron chi connectivity index (χ3n) is 2.84. The lowest BCUT2D eigenvalue weighted by molar-refractivity contribution is 0.295. The molecular formula is C11H24N2O2S. The summed E-state index contributed by atoms with van der Waals surface area (Å²) in [6.45, 7) is 7.65. The van der Waals surface area contributed by atoms with E-state index in [2.05, 4.69) is 5.32 Å². The standard InChI is InChI=1S/C11H24N2O2S/c1-11(2,3)9-16(14,15)13(4)10-6-5-7-12-8-10/h10,12H,5-9H2,1-4H3. The van der Waals surface area contributed by atoms with E-state index in [4.69, 9.17) is 0 Å². The fourth-order valence-electron chi connectivity index (χ4n) is 2.02. The second-order valence-electron chi connectivity index (χ2n) is 5.83. The number of piperidine rings is 1. The van der Waals surface area contributed by atoms with Crippen LogP contribution in [0, 0.1) is 5.41 Å². The zero-order valence-corrected chi connectivity index (χ0v) is 11.6. The first kappa shape index (κ1) is 13.9. The van der Waals surface area contributed by atoms with E-state index in [1.165, 1.54) is 0 Å². The SMILES string of the molecule is CN(C1CCCNC1)S(=O)(=O)CC(C)(C)C. The minimum absolute atomic E-state index is 0.126. The average molecular weight is 248 g/mol. The minimum atomic E-state index is -3.12. The van der Waals surface area contributed by atoms with Crippen LogP contribution in [0.5, 0.6) is 0 Å². The van der Waals surface area contributed by atoms with Crippen LogP contribution in [-0.2, 0) is 10.0 Å². The van der Waals surface area contributed by atoms with Crippen molar-refractivity contribution in [1.82, 2.24) is 9.62 Å². The molecule has 1 atom stereocenters. The molecule has 0 aromatic carbocycles.